The molecule has 0 aromatic heterocycles. The first kappa shape index (κ1) is 20.0. The average molecular weight is 398 g/mol. The first-order valence-corrected chi connectivity index (χ1v) is 8.72. The summed E-state index contributed by atoms with van der Waals surface area (Å²) in [5.41, 5.74) is 4.99. The lowest BCUT2D eigenvalue weighted by Gasteiger charge is -2.22. The normalized spacial score (nSPS) is 18.5. The van der Waals surface area contributed by atoms with Crippen LogP contribution in [0.2, 0.25) is 0 Å². The van der Waals surface area contributed by atoms with Crippen LogP contribution in [0.4, 0.5) is 14.9 Å². The summed E-state index contributed by atoms with van der Waals surface area (Å²) in [4.78, 5) is 49.7. The highest BCUT2D eigenvalue weighted by Gasteiger charge is 2.49. The topological polar surface area (TPSA) is 122 Å². The van der Waals surface area contributed by atoms with Gasteiger partial charge in [-0.05, 0) is 49.2 Å². The summed E-state index contributed by atoms with van der Waals surface area (Å²) in [5.74, 6) is -2.48. The lowest BCUT2D eigenvalue weighted by Crippen LogP contribution is -2.42. The van der Waals surface area contributed by atoms with Crippen LogP contribution in [0.5, 0.6) is 0 Å². The maximum absolute atomic E-state index is 13.6. The van der Waals surface area contributed by atoms with E-state index in [1.165, 1.54) is 31.2 Å². The van der Waals surface area contributed by atoms with Crippen molar-refractivity contribution in [2.75, 3.05) is 11.9 Å². The van der Waals surface area contributed by atoms with Gasteiger partial charge in [-0.3, -0.25) is 19.3 Å². The van der Waals surface area contributed by atoms with Gasteiger partial charge in [-0.2, -0.15) is 0 Å². The van der Waals surface area contributed by atoms with Crippen LogP contribution in [0.1, 0.15) is 28.4 Å². The fraction of sp³-hybridized carbons (Fsp3) is 0.200. The molecule has 4 N–H and O–H groups in total. The largest absolute Gasteiger partial charge is 0.366 e. The number of imide groups is 1. The number of nitrogens with zero attached hydrogens (tertiary/aromatic N) is 1. The SMILES string of the molecule is Cc1ccc(NC(=O)CN2C(=O)NC(C)(c3cccc(C(N)=O)c3)C2=O)cc1F. The molecule has 9 heteroatoms. The van der Waals surface area contributed by atoms with E-state index in [2.05, 4.69) is 10.6 Å². The number of carbonyl (C=O) groups is 4. The van der Waals surface area contributed by atoms with Gasteiger partial charge in [-0.1, -0.05) is 18.2 Å². The molecule has 0 saturated carbocycles. The minimum Gasteiger partial charge on any atom is -0.366 e. The second-order valence-electron chi connectivity index (χ2n) is 6.90. The molecule has 0 bridgehead atoms. The van der Waals surface area contributed by atoms with Crippen molar-refractivity contribution in [3.63, 3.8) is 0 Å². The minimum absolute atomic E-state index is 0.184. The number of halogens is 1. The van der Waals surface area contributed by atoms with Crippen LogP contribution in [-0.4, -0.2) is 35.2 Å². The molecule has 29 heavy (non-hydrogen) atoms. The van der Waals surface area contributed by atoms with Crippen molar-refractivity contribution in [2.45, 2.75) is 19.4 Å². The van der Waals surface area contributed by atoms with Gasteiger partial charge in [-0.15, -0.1) is 0 Å². The van der Waals surface area contributed by atoms with E-state index in [1.54, 1.807) is 19.1 Å². The summed E-state index contributed by atoms with van der Waals surface area (Å²) in [6, 6.07) is 9.43. The molecular formula is C20H19FN4O4. The summed E-state index contributed by atoms with van der Waals surface area (Å²) in [7, 11) is 0. The molecule has 150 valence electrons. The van der Waals surface area contributed by atoms with Gasteiger partial charge < -0.3 is 16.4 Å². The molecule has 1 saturated heterocycles. The van der Waals surface area contributed by atoms with Gasteiger partial charge in [-0.25, -0.2) is 9.18 Å². The number of amides is 5. The molecule has 1 aliphatic rings. The Balaban J connectivity index is 1.77. The van der Waals surface area contributed by atoms with Crippen molar-refractivity contribution in [1.29, 1.82) is 0 Å². The Kier molecular flexibility index (Phi) is 5.06. The zero-order valence-electron chi connectivity index (χ0n) is 15.8. The number of anilines is 1. The molecular weight excluding hydrogens is 379 g/mol. The third-order valence-electron chi connectivity index (χ3n) is 4.76. The number of rotatable bonds is 5. The Bertz CT molecular complexity index is 1040. The Morgan fingerprint density at radius 1 is 1.21 bits per heavy atom. The maximum Gasteiger partial charge on any atom is 0.325 e. The highest BCUT2D eigenvalue weighted by molar-refractivity contribution is 6.10. The highest BCUT2D eigenvalue weighted by Crippen LogP contribution is 2.29. The van der Waals surface area contributed by atoms with E-state index in [4.69, 9.17) is 5.73 Å². The smallest absolute Gasteiger partial charge is 0.325 e. The standard InChI is InChI=1S/C20H19FN4O4/c1-11-6-7-14(9-15(11)21)23-16(26)10-25-18(28)20(2,24-19(25)29)13-5-3-4-12(8-13)17(22)27/h3-9H,10H2,1-2H3,(H2,22,27)(H,23,26)(H,24,29). The molecule has 1 heterocycles. The van der Waals surface area contributed by atoms with Gasteiger partial charge in [0.15, 0.2) is 0 Å². The number of primary amides is 1. The minimum atomic E-state index is -1.46. The van der Waals surface area contributed by atoms with Gasteiger partial charge in [0.1, 0.15) is 17.9 Å². The third kappa shape index (κ3) is 3.79. The van der Waals surface area contributed by atoms with Crippen molar-refractivity contribution in [3.05, 3.63) is 65.0 Å². The van der Waals surface area contributed by atoms with Crippen molar-refractivity contribution < 1.29 is 23.6 Å². The van der Waals surface area contributed by atoms with E-state index in [0.29, 0.717) is 11.1 Å². The van der Waals surface area contributed by atoms with Crippen LogP contribution in [0.15, 0.2) is 42.5 Å². The Morgan fingerprint density at radius 3 is 2.59 bits per heavy atom. The summed E-state index contributed by atoms with van der Waals surface area (Å²) in [6.07, 6.45) is 0. The van der Waals surface area contributed by atoms with Gasteiger partial charge in [0, 0.05) is 11.3 Å². The van der Waals surface area contributed by atoms with Gasteiger partial charge >= 0.3 is 6.03 Å². The number of nitrogens with one attached hydrogen (secondary N) is 2. The fourth-order valence-corrected chi connectivity index (χ4v) is 3.03. The highest BCUT2D eigenvalue weighted by atomic mass is 19.1. The molecule has 1 fully saturated rings. The Labute approximate surface area is 165 Å². The number of urea groups is 1. The summed E-state index contributed by atoms with van der Waals surface area (Å²) >= 11 is 0. The zero-order chi connectivity index (χ0) is 21.3. The lowest BCUT2D eigenvalue weighted by atomic mass is 9.90. The Hall–Kier alpha value is -3.75. The number of carbonyl (C=O) groups excluding carboxylic acids is 4. The fourth-order valence-electron chi connectivity index (χ4n) is 3.03. The summed E-state index contributed by atoms with van der Waals surface area (Å²) < 4.78 is 13.6. The molecule has 0 radical (unpaired) electrons. The number of benzene rings is 2. The van der Waals surface area contributed by atoms with Crippen LogP contribution < -0.4 is 16.4 Å². The molecule has 1 atom stereocenters. The molecule has 3 rings (SSSR count). The number of aryl methyl sites for hydroxylation is 1. The number of nitrogens with two attached hydrogens (primary N) is 1. The molecule has 5 amide bonds. The van der Waals surface area contributed by atoms with Gasteiger partial charge in [0.2, 0.25) is 11.8 Å². The monoisotopic (exact) mass is 398 g/mol. The van der Waals surface area contributed by atoms with Crippen LogP contribution in [-0.2, 0) is 15.1 Å². The van der Waals surface area contributed by atoms with Crippen molar-refractivity contribution >= 4 is 29.4 Å². The van der Waals surface area contributed by atoms with Crippen LogP contribution in [0, 0.1) is 12.7 Å². The van der Waals surface area contributed by atoms with Crippen LogP contribution >= 0.6 is 0 Å². The molecule has 0 aliphatic carbocycles. The van der Waals surface area contributed by atoms with Crippen molar-refractivity contribution in [2.24, 2.45) is 5.73 Å². The van der Waals surface area contributed by atoms with E-state index < -0.39 is 41.7 Å². The van der Waals surface area contributed by atoms with Crippen molar-refractivity contribution in [3.8, 4) is 0 Å². The number of hydrogen-bond acceptors (Lipinski definition) is 4. The lowest BCUT2D eigenvalue weighted by molar-refractivity contribution is -0.133. The van der Waals surface area contributed by atoms with E-state index in [1.807, 2.05) is 0 Å². The summed E-state index contributed by atoms with van der Waals surface area (Å²) in [5, 5.41) is 5.00. The summed E-state index contributed by atoms with van der Waals surface area (Å²) in [6.45, 7) is 2.51. The molecule has 1 aliphatic heterocycles. The van der Waals surface area contributed by atoms with E-state index in [9.17, 15) is 23.6 Å². The van der Waals surface area contributed by atoms with Crippen molar-refractivity contribution in [1.82, 2.24) is 10.2 Å². The quantitative estimate of drug-likeness (QED) is 0.663. The van der Waals surface area contributed by atoms with E-state index >= 15 is 0 Å². The molecule has 1 unspecified atom stereocenters. The molecule has 8 nitrogen and oxygen atoms in total. The van der Waals surface area contributed by atoms with E-state index in [-0.39, 0.29) is 11.3 Å². The van der Waals surface area contributed by atoms with Gasteiger partial charge in [0.05, 0.1) is 0 Å². The second-order valence-corrected chi connectivity index (χ2v) is 6.90. The maximum atomic E-state index is 13.6. The Morgan fingerprint density at radius 2 is 1.93 bits per heavy atom. The first-order valence-electron chi connectivity index (χ1n) is 8.72. The second kappa shape index (κ2) is 7.34. The average Bonchev–Trinajstić information content (AvgIpc) is 2.89. The first-order chi connectivity index (χ1) is 13.6. The predicted molar refractivity (Wildman–Crippen MR) is 102 cm³/mol. The van der Waals surface area contributed by atoms with Crippen LogP contribution in [0.3, 0.4) is 0 Å². The zero-order valence-corrected chi connectivity index (χ0v) is 15.8. The molecule has 2 aromatic carbocycles. The number of hydrogen-bond donors (Lipinski definition) is 3. The van der Waals surface area contributed by atoms with E-state index in [0.717, 1.165) is 11.0 Å². The molecule has 0 spiro atoms. The van der Waals surface area contributed by atoms with Crippen LogP contribution in [0.25, 0.3) is 0 Å². The molecule has 2 aromatic rings. The van der Waals surface area contributed by atoms with Gasteiger partial charge in [0.25, 0.3) is 5.91 Å². The third-order valence-corrected chi connectivity index (χ3v) is 4.76. The predicted octanol–water partition coefficient (Wildman–Crippen LogP) is 1.64.